The van der Waals surface area contributed by atoms with E-state index in [-0.39, 0.29) is 11.5 Å². The van der Waals surface area contributed by atoms with Gasteiger partial charge in [0.1, 0.15) is 5.69 Å². The molecule has 0 bridgehead atoms. The lowest BCUT2D eigenvalue weighted by molar-refractivity contribution is -0.734. The third kappa shape index (κ3) is 4.19. The Kier molecular flexibility index (Phi) is 5.42. The molecule has 0 aliphatic carbocycles. The van der Waals surface area contributed by atoms with Crippen LogP contribution in [-0.4, -0.2) is 37.0 Å². The number of amides is 1. The van der Waals surface area contributed by atoms with Crippen molar-refractivity contribution in [3.8, 4) is 22.2 Å². The first-order chi connectivity index (χ1) is 18.0. The van der Waals surface area contributed by atoms with Gasteiger partial charge in [0, 0.05) is 28.7 Å². The number of carbonyl (C=O) groups is 2. The molecule has 9 nitrogen and oxygen atoms in total. The van der Waals surface area contributed by atoms with Crippen LogP contribution < -0.4 is 10.1 Å². The first kappa shape index (κ1) is 22.5. The largest absolute Gasteiger partial charge is 0.478 e. The molecule has 6 aromatic rings. The fraction of sp³-hybridized carbons (Fsp3) is 0.0370. The number of benzene rings is 4. The van der Waals surface area contributed by atoms with Gasteiger partial charge in [-0.15, -0.1) is 0 Å². The Morgan fingerprint density at radius 3 is 2.43 bits per heavy atom. The van der Waals surface area contributed by atoms with Crippen molar-refractivity contribution in [3.63, 3.8) is 0 Å². The number of tetrazole rings is 1. The van der Waals surface area contributed by atoms with Crippen molar-refractivity contribution in [1.29, 1.82) is 0 Å². The summed E-state index contributed by atoms with van der Waals surface area (Å²) in [7, 11) is 0. The quantitative estimate of drug-likeness (QED) is 0.329. The summed E-state index contributed by atoms with van der Waals surface area (Å²) in [6.45, 7) is 1.46. The number of carboxylic acids is 1. The van der Waals surface area contributed by atoms with E-state index in [0.717, 1.165) is 26.6 Å². The molecule has 4 aromatic carbocycles. The number of thiazole rings is 1. The predicted molar refractivity (Wildman–Crippen MR) is 140 cm³/mol. The molecular weight excluding hydrogens is 488 g/mol. The third-order valence-corrected chi connectivity index (χ3v) is 6.80. The Morgan fingerprint density at radius 2 is 1.70 bits per heavy atom. The first-order valence-electron chi connectivity index (χ1n) is 11.4. The van der Waals surface area contributed by atoms with Crippen LogP contribution in [0.2, 0.25) is 0 Å². The van der Waals surface area contributed by atoms with Gasteiger partial charge in [-0.1, -0.05) is 46.7 Å². The van der Waals surface area contributed by atoms with Gasteiger partial charge in [0.05, 0.1) is 10.3 Å². The van der Waals surface area contributed by atoms with E-state index in [4.69, 9.17) is 15.2 Å². The fourth-order valence-electron chi connectivity index (χ4n) is 4.07. The summed E-state index contributed by atoms with van der Waals surface area (Å²) >= 11 is 1.49. The standard InChI is InChI=1S/C27H18N6O3S/c1-16(34)28-20-11-6-18(7-12-20)25-30-32(21-13-8-19(9-14-21)26(35)36)33(31-25)27-29-24-22-5-3-2-4-17(22)10-15-23(24)37-27/h2-15H,1H3,(H-,28,30,31,34,35,36)/p+1. The van der Waals surface area contributed by atoms with E-state index >= 15 is 0 Å². The van der Waals surface area contributed by atoms with Crippen LogP contribution in [0.4, 0.5) is 5.69 Å². The van der Waals surface area contributed by atoms with Crippen molar-refractivity contribution in [2.45, 2.75) is 6.92 Å². The second kappa shape index (κ2) is 8.92. The molecule has 2 aromatic heterocycles. The van der Waals surface area contributed by atoms with Gasteiger partial charge in [-0.3, -0.25) is 4.79 Å². The minimum absolute atomic E-state index is 0.152. The van der Waals surface area contributed by atoms with Crippen LogP contribution in [0.3, 0.4) is 0 Å². The molecule has 0 fully saturated rings. The van der Waals surface area contributed by atoms with Crippen LogP contribution in [0.1, 0.15) is 17.3 Å². The van der Waals surface area contributed by atoms with Crippen LogP contribution >= 0.6 is 11.3 Å². The Morgan fingerprint density at radius 1 is 0.946 bits per heavy atom. The highest BCUT2D eigenvalue weighted by molar-refractivity contribution is 7.20. The lowest BCUT2D eigenvalue weighted by Crippen LogP contribution is -2.43. The summed E-state index contributed by atoms with van der Waals surface area (Å²) < 4.78 is 1.01. The molecule has 1 amide bonds. The summed E-state index contributed by atoms with van der Waals surface area (Å²) in [5, 5.41) is 24.3. The molecule has 180 valence electrons. The van der Waals surface area contributed by atoms with Crippen molar-refractivity contribution in [2.75, 3.05) is 5.32 Å². The summed E-state index contributed by atoms with van der Waals surface area (Å²) in [6, 6.07) is 25.8. The third-order valence-electron chi connectivity index (χ3n) is 5.81. The topological polar surface area (TPSA) is 114 Å². The highest BCUT2D eigenvalue weighted by atomic mass is 32.1. The molecule has 0 unspecified atom stereocenters. The lowest BCUT2D eigenvalue weighted by atomic mass is 10.1. The molecule has 2 heterocycles. The minimum atomic E-state index is -1.00. The molecule has 0 aliphatic heterocycles. The number of fused-ring (bicyclic) bond motifs is 3. The molecule has 0 spiro atoms. The average Bonchev–Trinajstić information content (AvgIpc) is 3.54. The van der Waals surface area contributed by atoms with Gasteiger partial charge < -0.3 is 10.4 Å². The smallest absolute Gasteiger partial charge is 0.365 e. The average molecular weight is 508 g/mol. The Hall–Kier alpha value is -4.96. The molecule has 37 heavy (non-hydrogen) atoms. The number of nitrogens with zero attached hydrogens (tertiary/aromatic N) is 5. The zero-order chi connectivity index (χ0) is 25.5. The molecule has 0 atom stereocenters. The Labute approximate surface area is 214 Å². The summed E-state index contributed by atoms with van der Waals surface area (Å²) in [4.78, 5) is 30.8. The predicted octanol–water partition coefficient (Wildman–Crippen LogP) is 4.63. The zero-order valence-electron chi connectivity index (χ0n) is 19.5. The van der Waals surface area contributed by atoms with E-state index in [1.54, 1.807) is 33.9 Å². The van der Waals surface area contributed by atoms with Gasteiger partial charge in [0.15, 0.2) is 5.52 Å². The minimum Gasteiger partial charge on any atom is -0.478 e. The van der Waals surface area contributed by atoms with Gasteiger partial charge in [0.2, 0.25) is 5.91 Å². The fourth-order valence-corrected chi connectivity index (χ4v) is 4.99. The van der Waals surface area contributed by atoms with Crippen molar-refractivity contribution < 1.29 is 19.5 Å². The number of carboxylic acid groups (broad SMARTS) is 1. The highest BCUT2D eigenvalue weighted by Crippen LogP contribution is 2.29. The molecular formula is C27H19N6O3S+. The number of nitrogens with one attached hydrogen (secondary N) is 1. The van der Waals surface area contributed by atoms with Gasteiger partial charge in [0.25, 0.3) is 5.82 Å². The summed E-state index contributed by atoms with van der Waals surface area (Å²) in [5.41, 5.74) is 3.10. The maximum absolute atomic E-state index is 11.4. The molecule has 0 radical (unpaired) electrons. The van der Waals surface area contributed by atoms with Crippen molar-refractivity contribution in [3.05, 3.63) is 90.5 Å². The molecule has 0 aliphatic rings. The number of aromatic carboxylic acids is 1. The maximum atomic E-state index is 11.4. The molecule has 6 rings (SSSR count). The van der Waals surface area contributed by atoms with E-state index in [0.29, 0.717) is 22.3 Å². The molecule has 0 saturated carbocycles. The second-order valence-corrected chi connectivity index (χ2v) is 9.35. The van der Waals surface area contributed by atoms with Crippen LogP contribution in [0.5, 0.6) is 0 Å². The van der Waals surface area contributed by atoms with E-state index < -0.39 is 5.97 Å². The number of carbonyl (C=O) groups excluding carboxylic acids is 1. The SMILES string of the molecule is CC(=O)Nc1ccc(-c2nn(-c3ccc(C(=O)O)cc3)[n+](-c3nc4c(ccc5ccccc54)s3)n2)cc1. The Bertz CT molecular complexity index is 1810. The van der Waals surface area contributed by atoms with Crippen molar-refractivity contribution in [1.82, 2.24) is 20.0 Å². The maximum Gasteiger partial charge on any atom is 0.365 e. The van der Waals surface area contributed by atoms with Gasteiger partial charge in [-0.25, -0.2) is 4.79 Å². The van der Waals surface area contributed by atoms with Crippen LogP contribution in [-0.2, 0) is 4.79 Å². The van der Waals surface area contributed by atoms with E-state index in [1.165, 1.54) is 30.4 Å². The summed E-state index contributed by atoms with van der Waals surface area (Å²) in [5.74, 6) is -0.710. The van der Waals surface area contributed by atoms with Gasteiger partial charge in [-0.2, -0.15) is 0 Å². The van der Waals surface area contributed by atoms with Gasteiger partial charge in [-0.05, 0) is 74.7 Å². The van der Waals surface area contributed by atoms with E-state index in [9.17, 15) is 14.7 Å². The number of aromatic nitrogens is 5. The lowest BCUT2D eigenvalue weighted by Gasteiger charge is -2.00. The number of rotatable bonds is 5. The molecule has 2 N–H and O–H groups in total. The summed E-state index contributed by atoms with van der Waals surface area (Å²) in [6.07, 6.45) is 0. The second-order valence-electron chi connectivity index (χ2n) is 8.34. The van der Waals surface area contributed by atoms with E-state index in [1.807, 2.05) is 36.4 Å². The number of hydrogen-bond acceptors (Lipinski definition) is 6. The van der Waals surface area contributed by atoms with Crippen LogP contribution in [0, 0.1) is 0 Å². The molecule has 0 saturated heterocycles. The van der Waals surface area contributed by atoms with Gasteiger partial charge >= 0.3 is 11.1 Å². The van der Waals surface area contributed by atoms with Crippen molar-refractivity contribution in [2.24, 2.45) is 0 Å². The van der Waals surface area contributed by atoms with E-state index in [2.05, 4.69) is 17.4 Å². The highest BCUT2D eigenvalue weighted by Gasteiger charge is 2.25. The zero-order valence-corrected chi connectivity index (χ0v) is 20.3. The van der Waals surface area contributed by atoms with Crippen molar-refractivity contribution >= 4 is 49.9 Å². The van der Waals surface area contributed by atoms with Crippen LogP contribution in [0.15, 0.2) is 84.9 Å². The first-order valence-corrected chi connectivity index (χ1v) is 12.2. The number of hydrogen-bond donors (Lipinski definition) is 2. The Balaban J connectivity index is 1.50. The monoisotopic (exact) mass is 507 g/mol. The normalized spacial score (nSPS) is 11.2. The van der Waals surface area contributed by atoms with Crippen LogP contribution in [0.25, 0.3) is 43.2 Å². The number of anilines is 1. The molecule has 10 heteroatoms.